The van der Waals surface area contributed by atoms with Crippen molar-refractivity contribution in [1.29, 1.82) is 0 Å². The molecule has 110 valence electrons. The monoisotopic (exact) mass is 296 g/mol. The largest absolute Gasteiger partial charge is 0.497 e. The maximum Gasteiger partial charge on any atom is 0.231 e. The van der Waals surface area contributed by atoms with Crippen LogP contribution in [0.1, 0.15) is 17.2 Å². The van der Waals surface area contributed by atoms with Crippen molar-refractivity contribution in [2.75, 3.05) is 13.9 Å². The summed E-state index contributed by atoms with van der Waals surface area (Å²) in [6.45, 7) is 0.250. The maximum atomic E-state index is 6.11. The summed E-state index contributed by atoms with van der Waals surface area (Å²) in [5.74, 6) is 3.75. The lowest BCUT2D eigenvalue weighted by atomic mass is 9.96. The smallest absolute Gasteiger partial charge is 0.231 e. The molecular weight excluding hydrogens is 284 g/mol. The van der Waals surface area contributed by atoms with Gasteiger partial charge in [0.1, 0.15) is 17.2 Å². The first-order valence-electron chi connectivity index (χ1n) is 6.99. The van der Waals surface area contributed by atoms with Gasteiger partial charge in [0.05, 0.1) is 13.4 Å². The van der Waals surface area contributed by atoms with E-state index in [2.05, 4.69) is 0 Å². The van der Waals surface area contributed by atoms with Crippen molar-refractivity contribution < 1.29 is 23.7 Å². The van der Waals surface area contributed by atoms with Crippen LogP contribution < -0.4 is 23.7 Å². The molecule has 0 amide bonds. The molecule has 0 N–H and O–H groups in total. The van der Waals surface area contributed by atoms with Crippen LogP contribution in [0.25, 0.3) is 5.57 Å². The van der Waals surface area contributed by atoms with Gasteiger partial charge in [-0.05, 0) is 18.2 Å². The van der Waals surface area contributed by atoms with Crippen LogP contribution in [0.4, 0.5) is 0 Å². The van der Waals surface area contributed by atoms with E-state index in [1.165, 1.54) is 0 Å². The molecule has 0 saturated carbocycles. The lowest BCUT2D eigenvalue weighted by Crippen LogP contribution is -2.09. The van der Waals surface area contributed by atoms with Crippen molar-refractivity contribution in [2.24, 2.45) is 0 Å². The van der Waals surface area contributed by atoms with Gasteiger partial charge in [-0.25, -0.2) is 0 Å². The highest BCUT2D eigenvalue weighted by atomic mass is 16.7. The Morgan fingerprint density at radius 1 is 1.00 bits per heavy atom. The summed E-state index contributed by atoms with van der Waals surface area (Å²) in [6.07, 6.45) is 1.56. The van der Waals surface area contributed by atoms with E-state index < -0.39 is 0 Å². The molecule has 0 radical (unpaired) electrons. The van der Waals surface area contributed by atoms with Gasteiger partial charge in [0.2, 0.25) is 6.79 Å². The van der Waals surface area contributed by atoms with Gasteiger partial charge >= 0.3 is 0 Å². The van der Waals surface area contributed by atoms with Crippen LogP contribution >= 0.6 is 0 Å². The van der Waals surface area contributed by atoms with Gasteiger partial charge in [0, 0.05) is 28.8 Å². The minimum Gasteiger partial charge on any atom is -0.497 e. The highest BCUT2D eigenvalue weighted by Gasteiger charge is 2.37. The summed E-state index contributed by atoms with van der Waals surface area (Å²) in [4.78, 5) is 0. The molecule has 0 saturated heterocycles. The third-order valence-corrected chi connectivity index (χ3v) is 4.13. The van der Waals surface area contributed by atoms with E-state index in [0.717, 1.165) is 39.7 Å². The first-order chi connectivity index (χ1) is 10.8. The Kier molecular flexibility index (Phi) is 2.20. The molecule has 1 atom stereocenters. The molecule has 2 aromatic carbocycles. The zero-order valence-electron chi connectivity index (χ0n) is 11.8. The van der Waals surface area contributed by atoms with E-state index >= 15 is 0 Å². The Labute approximate surface area is 126 Å². The van der Waals surface area contributed by atoms with Gasteiger partial charge in [-0.15, -0.1) is 0 Å². The SMILES string of the molecule is COc1ccc2c(c1)OC=C1c3cc4c(cc3OC12)OCO4. The Balaban J connectivity index is 1.61. The zero-order chi connectivity index (χ0) is 14.7. The molecule has 5 rings (SSSR count). The summed E-state index contributed by atoms with van der Waals surface area (Å²) < 4.78 is 28.0. The second kappa shape index (κ2) is 4.10. The molecule has 3 aliphatic rings. The number of rotatable bonds is 1. The average Bonchev–Trinajstić information content (AvgIpc) is 3.15. The molecule has 2 aromatic rings. The normalized spacial score (nSPS) is 19.3. The number of benzene rings is 2. The quantitative estimate of drug-likeness (QED) is 0.808. The third-order valence-electron chi connectivity index (χ3n) is 4.13. The Hall–Kier alpha value is -2.82. The highest BCUT2D eigenvalue weighted by molar-refractivity contribution is 5.82. The summed E-state index contributed by atoms with van der Waals surface area (Å²) >= 11 is 0. The van der Waals surface area contributed by atoms with Gasteiger partial charge in [0.15, 0.2) is 17.6 Å². The molecule has 3 aliphatic heterocycles. The predicted octanol–water partition coefficient (Wildman–Crippen LogP) is 3.29. The minimum absolute atomic E-state index is 0.174. The average molecular weight is 296 g/mol. The van der Waals surface area contributed by atoms with Crippen molar-refractivity contribution >= 4 is 5.57 Å². The van der Waals surface area contributed by atoms with Gasteiger partial charge in [-0.1, -0.05) is 0 Å². The maximum absolute atomic E-state index is 6.11. The van der Waals surface area contributed by atoms with Gasteiger partial charge in [-0.2, -0.15) is 0 Å². The Morgan fingerprint density at radius 2 is 1.86 bits per heavy atom. The number of methoxy groups -OCH3 is 1. The molecule has 0 aliphatic carbocycles. The molecular formula is C17H12O5. The molecule has 22 heavy (non-hydrogen) atoms. The summed E-state index contributed by atoms with van der Waals surface area (Å²) in [6, 6.07) is 9.56. The fraction of sp³-hybridized carbons (Fsp3) is 0.176. The van der Waals surface area contributed by atoms with Gasteiger partial charge < -0.3 is 23.7 Å². The van der Waals surface area contributed by atoms with Crippen molar-refractivity contribution in [1.82, 2.24) is 0 Å². The van der Waals surface area contributed by atoms with Gasteiger partial charge in [0.25, 0.3) is 0 Å². The van der Waals surface area contributed by atoms with E-state index in [1.807, 2.05) is 30.3 Å². The molecule has 0 aromatic heterocycles. The van der Waals surface area contributed by atoms with Crippen LogP contribution in [-0.4, -0.2) is 13.9 Å². The fourth-order valence-corrected chi connectivity index (χ4v) is 3.02. The van der Waals surface area contributed by atoms with E-state index in [-0.39, 0.29) is 12.9 Å². The lowest BCUT2D eigenvalue weighted by molar-refractivity contribution is 0.173. The first kappa shape index (κ1) is 11.8. The number of hydrogen-bond donors (Lipinski definition) is 0. The van der Waals surface area contributed by atoms with Crippen molar-refractivity contribution in [2.45, 2.75) is 6.10 Å². The minimum atomic E-state index is -0.174. The van der Waals surface area contributed by atoms with E-state index in [1.54, 1.807) is 13.4 Å². The van der Waals surface area contributed by atoms with Crippen molar-refractivity contribution in [3.63, 3.8) is 0 Å². The molecule has 3 heterocycles. The van der Waals surface area contributed by atoms with Crippen LogP contribution in [0.2, 0.25) is 0 Å². The van der Waals surface area contributed by atoms with E-state index in [9.17, 15) is 0 Å². The van der Waals surface area contributed by atoms with Crippen LogP contribution in [-0.2, 0) is 0 Å². The van der Waals surface area contributed by atoms with Crippen LogP contribution in [0.15, 0.2) is 36.6 Å². The Bertz CT molecular complexity index is 824. The van der Waals surface area contributed by atoms with E-state index in [0.29, 0.717) is 5.75 Å². The molecule has 5 nitrogen and oxygen atoms in total. The molecule has 5 heteroatoms. The fourth-order valence-electron chi connectivity index (χ4n) is 3.02. The molecule has 1 unspecified atom stereocenters. The van der Waals surface area contributed by atoms with E-state index in [4.69, 9.17) is 23.7 Å². The molecule has 0 fully saturated rings. The van der Waals surface area contributed by atoms with Crippen LogP contribution in [0, 0.1) is 0 Å². The lowest BCUT2D eigenvalue weighted by Gasteiger charge is -2.21. The van der Waals surface area contributed by atoms with Crippen LogP contribution in [0.3, 0.4) is 0 Å². The second-order valence-corrected chi connectivity index (χ2v) is 5.29. The summed E-state index contributed by atoms with van der Waals surface area (Å²) in [7, 11) is 1.63. The number of ether oxygens (including phenoxy) is 5. The van der Waals surface area contributed by atoms with Crippen molar-refractivity contribution in [3.8, 4) is 28.7 Å². The third kappa shape index (κ3) is 1.48. The van der Waals surface area contributed by atoms with Crippen LogP contribution in [0.5, 0.6) is 28.7 Å². The molecule has 0 spiro atoms. The highest BCUT2D eigenvalue weighted by Crippen LogP contribution is 2.53. The molecule has 0 bridgehead atoms. The predicted molar refractivity (Wildman–Crippen MR) is 77.5 cm³/mol. The number of fused-ring (bicyclic) bond motifs is 6. The zero-order valence-corrected chi connectivity index (χ0v) is 11.8. The number of hydrogen-bond acceptors (Lipinski definition) is 5. The Morgan fingerprint density at radius 3 is 2.73 bits per heavy atom. The topological polar surface area (TPSA) is 46.2 Å². The second-order valence-electron chi connectivity index (χ2n) is 5.29. The van der Waals surface area contributed by atoms with Crippen molar-refractivity contribution in [3.05, 3.63) is 47.7 Å². The standard InChI is InChI=1S/C17H12O5/c1-18-9-2-3-10-13(4-9)19-7-12-11-5-15-16(21-8-20-15)6-14(11)22-17(10)12/h2-7,17H,8H2,1H3. The summed E-state index contributed by atoms with van der Waals surface area (Å²) in [5, 5.41) is 0. The first-order valence-corrected chi connectivity index (χ1v) is 6.99. The van der Waals surface area contributed by atoms with Gasteiger partial charge in [-0.3, -0.25) is 0 Å². The summed E-state index contributed by atoms with van der Waals surface area (Å²) in [5.41, 5.74) is 2.96.